The first-order valence-corrected chi connectivity index (χ1v) is 11.6. The molecule has 0 radical (unpaired) electrons. The number of carbonyl (C=O) groups excluding carboxylic acids is 2. The number of nitrogens with one attached hydrogen (secondary N) is 1. The third-order valence-corrected chi connectivity index (χ3v) is 6.82. The summed E-state index contributed by atoms with van der Waals surface area (Å²) in [6, 6.07) is 12.0. The number of nitrogens with zero attached hydrogens (tertiary/aromatic N) is 3. The van der Waals surface area contributed by atoms with Crippen molar-refractivity contribution in [3.63, 3.8) is 0 Å². The van der Waals surface area contributed by atoms with E-state index in [0.29, 0.717) is 13.2 Å². The average molecular weight is 509 g/mol. The first kappa shape index (κ1) is 24.9. The number of carbonyl (C=O) groups is 2. The van der Waals surface area contributed by atoms with Crippen molar-refractivity contribution in [1.82, 2.24) is 20.4 Å². The zero-order valence-electron chi connectivity index (χ0n) is 19.0. The molecule has 0 saturated carbocycles. The van der Waals surface area contributed by atoms with E-state index in [4.69, 9.17) is 4.74 Å². The summed E-state index contributed by atoms with van der Waals surface area (Å²) in [4.78, 5) is 31.7. The van der Waals surface area contributed by atoms with E-state index in [9.17, 15) is 22.8 Å². The van der Waals surface area contributed by atoms with Gasteiger partial charge in [0, 0.05) is 13.1 Å². The maximum atomic E-state index is 13.4. The number of hydrogen-bond donors (Lipinski definition) is 1. The Morgan fingerprint density at radius 2 is 1.91 bits per heavy atom. The van der Waals surface area contributed by atoms with Crippen LogP contribution in [0.2, 0.25) is 0 Å². The topological polar surface area (TPSA) is 97.6 Å². The monoisotopic (exact) mass is 508 g/mol. The van der Waals surface area contributed by atoms with Crippen molar-refractivity contribution in [1.29, 1.82) is 0 Å². The summed E-state index contributed by atoms with van der Waals surface area (Å²) in [6.07, 6.45) is -4.75. The Bertz CT molecular complexity index is 1190. The van der Waals surface area contributed by atoms with Gasteiger partial charge in [0.15, 0.2) is 0 Å². The molecular formula is C23H23F3N4O4S. The van der Waals surface area contributed by atoms with Gasteiger partial charge in [0.25, 0.3) is 5.91 Å². The predicted octanol–water partition coefficient (Wildman–Crippen LogP) is 3.75. The SMILES string of the molecule is CC(C)(C(=O)N1CCOCC1CNC(=O)c1ccc(-c2noc(C(F)(F)F)n2)s1)c1ccccc1. The number of benzene rings is 1. The predicted molar refractivity (Wildman–Crippen MR) is 121 cm³/mol. The quantitative estimate of drug-likeness (QED) is 0.545. The van der Waals surface area contributed by atoms with Crippen molar-refractivity contribution in [2.24, 2.45) is 0 Å². The summed E-state index contributed by atoms with van der Waals surface area (Å²) in [5, 5.41) is 6.13. The first-order valence-electron chi connectivity index (χ1n) is 10.8. The largest absolute Gasteiger partial charge is 0.471 e. The Morgan fingerprint density at radius 3 is 2.60 bits per heavy atom. The second kappa shape index (κ2) is 9.78. The van der Waals surface area contributed by atoms with Crippen molar-refractivity contribution in [2.75, 3.05) is 26.3 Å². The minimum absolute atomic E-state index is 0.0674. The second-order valence-electron chi connectivity index (χ2n) is 8.51. The number of ether oxygens (including phenoxy) is 1. The Kier molecular flexibility index (Phi) is 6.95. The molecule has 186 valence electrons. The van der Waals surface area contributed by atoms with Gasteiger partial charge in [-0.3, -0.25) is 9.59 Å². The molecule has 1 aliphatic rings. The zero-order valence-corrected chi connectivity index (χ0v) is 19.8. The van der Waals surface area contributed by atoms with Gasteiger partial charge < -0.3 is 19.5 Å². The molecule has 4 rings (SSSR count). The van der Waals surface area contributed by atoms with Gasteiger partial charge in [0.05, 0.1) is 34.4 Å². The molecule has 2 aromatic heterocycles. The minimum Gasteiger partial charge on any atom is -0.377 e. The fourth-order valence-corrected chi connectivity index (χ4v) is 4.59. The van der Waals surface area contributed by atoms with Crippen LogP contribution in [0.4, 0.5) is 13.2 Å². The molecule has 12 heteroatoms. The molecule has 3 heterocycles. The van der Waals surface area contributed by atoms with Crippen molar-refractivity contribution in [2.45, 2.75) is 31.5 Å². The van der Waals surface area contributed by atoms with Gasteiger partial charge in [-0.05, 0) is 31.5 Å². The molecular weight excluding hydrogens is 485 g/mol. The molecule has 0 aliphatic carbocycles. The molecule has 1 unspecified atom stereocenters. The van der Waals surface area contributed by atoms with Crippen molar-refractivity contribution in [3.05, 3.63) is 58.8 Å². The third kappa shape index (κ3) is 5.38. The second-order valence-corrected chi connectivity index (χ2v) is 9.60. The molecule has 2 amide bonds. The number of alkyl halides is 3. The zero-order chi connectivity index (χ0) is 25.2. The highest BCUT2D eigenvalue weighted by Gasteiger charge is 2.39. The highest BCUT2D eigenvalue weighted by molar-refractivity contribution is 7.17. The van der Waals surface area contributed by atoms with Crippen molar-refractivity contribution >= 4 is 23.2 Å². The molecule has 1 aliphatic heterocycles. The van der Waals surface area contributed by atoms with E-state index in [-0.39, 0.29) is 40.7 Å². The molecule has 1 aromatic carbocycles. The van der Waals surface area contributed by atoms with Crippen LogP contribution in [-0.4, -0.2) is 59.2 Å². The van der Waals surface area contributed by atoms with Crippen LogP contribution in [0, 0.1) is 0 Å². The Balaban J connectivity index is 1.41. The lowest BCUT2D eigenvalue weighted by Gasteiger charge is -2.40. The normalized spacial score (nSPS) is 16.8. The summed E-state index contributed by atoms with van der Waals surface area (Å²) in [5.74, 6) is -2.20. The number of thiophene rings is 1. The number of morpholine rings is 1. The van der Waals surface area contributed by atoms with E-state index in [1.165, 1.54) is 12.1 Å². The van der Waals surface area contributed by atoms with Crippen molar-refractivity contribution < 1.29 is 32.0 Å². The van der Waals surface area contributed by atoms with Crippen LogP contribution in [0.5, 0.6) is 0 Å². The van der Waals surface area contributed by atoms with Gasteiger partial charge in [-0.15, -0.1) is 11.3 Å². The number of halogens is 3. The first-order chi connectivity index (χ1) is 16.6. The molecule has 1 N–H and O–H groups in total. The van der Waals surface area contributed by atoms with Crippen LogP contribution >= 0.6 is 11.3 Å². The molecule has 35 heavy (non-hydrogen) atoms. The van der Waals surface area contributed by atoms with Gasteiger partial charge in [0.1, 0.15) is 0 Å². The molecule has 1 saturated heterocycles. The van der Waals surface area contributed by atoms with Crippen LogP contribution < -0.4 is 5.32 Å². The van der Waals surface area contributed by atoms with Crippen LogP contribution in [0.25, 0.3) is 10.7 Å². The molecule has 1 atom stereocenters. The molecule has 0 spiro atoms. The lowest BCUT2D eigenvalue weighted by molar-refractivity contribution is -0.159. The van der Waals surface area contributed by atoms with Crippen LogP contribution in [0.15, 0.2) is 47.0 Å². The number of aromatic nitrogens is 2. The van der Waals surface area contributed by atoms with Crippen LogP contribution in [0.3, 0.4) is 0 Å². The Labute approximate surface area is 203 Å². The molecule has 0 bridgehead atoms. The van der Waals surface area contributed by atoms with Crippen LogP contribution in [-0.2, 0) is 21.1 Å². The Morgan fingerprint density at radius 1 is 1.17 bits per heavy atom. The van der Waals surface area contributed by atoms with Gasteiger partial charge in [-0.1, -0.05) is 35.5 Å². The maximum Gasteiger partial charge on any atom is 0.471 e. The van der Waals surface area contributed by atoms with Crippen LogP contribution in [0.1, 0.15) is 35.0 Å². The molecule has 3 aromatic rings. The van der Waals surface area contributed by atoms with E-state index in [2.05, 4.69) is 20.0 Å². The van der Waals surface area contributed by atoms with E-state index < -0.39 is 23.4 Å². The fraction of sp³-hybridized carbons (Fsp3) is 0.391. The highest BCUT2D eigenvalue weighted by Crippen LogP contribution is 2.32. The van der Waals surface area contributed by atoms with E-state index in [0.717, 1.165) is 16.9 Å². The van der Waals surface area contributed by atoms with E-state index >= 15 is 0 Å². The third-order valence-electron chi connectivity index (χ3n) is 5.74. The summed E-state index contributed by atoms with van der Waals surface area (Å²) in [7, 11) is 0. The van der Waals surface area contributed by atoms with Gasteiger partial charge in [-0.2, -0.15) is 18.2 Å². The molecule has 8 nitrogen and oxygen atoms in total. The number of hydrogen-bond acceptors (Lipinski definition) is 7. The number of rotatable bonds is 6. The fourth-order valence-electron chi connectivity index (χ4n) is 3.75. The van der Waals surface area contributed by atoms with E-state index in [1.807, 2.05) is 44.2 Å². The number of amides is 2. The summed E-state index contributed by atoms with van der Waals surface area (Å²) >= 11 is 0.937. The summed E-state index contributed by atoms with van der Waals surface area (Å²) in [6.45, 7) is 4.97. The maximum absolute atomic E-state index is 13.4. The van der Waals surface area contributed by atoms with Gasteiger partial charge in [0.2, 0.25) is 11.7 Å². The van der Waals surface area contributed by atoms with Crippen molar-refractivity contribution in [3.8, 4) is 10.7 Å². The smallest absolute Gasteiger partial charge is 0.377 e. The summed E-state index contributed by atoms with van der Waals surface area (Å²) < 4.78 is 47.9. The summed E-state index contributed by atoms with van der Waals surface area (Å²) in [5.41, 5.74) is 0.129. The molecule has 1 fully saturated rings. The van der Waals surface area contributed by atoms with Gasteiger partial charge >= 0.3 is 12.1 Å². The highest BCUT2D eigenvalue weighted by atomic mass is 32.1. The lowest BCUT2D eigenvalue weighted by atomic mass is 9.82. The minimum atomic E-state index is -4.75. The Hall–Kier alpha value is -3.25. The van der Waals surface area contributed by atoms with Gasteiger partial charge in [-0.25, -0.2) is 0 Å². The average Bonchev–Trinajstić information content (AvgIpc) is 3.53. The standard InChI is InChI=1S/C23H23F3N4O4S/c1-22(2,14-6-4-3-5-7-14)21(32)30-10-11-33-13-15(30)12-27-19(31)17-9-8-16(35-17)18-28-20(34-29-18)23(24,25)26/h3-9,15H,10-13H2,1-2H3,(H,27,31). The lowest BCUT2D eigenvalue weighted by Crippen LogP contribution is -2.57. The van der Waals surface area contributed by atoms with E-state index in [1.54, 1.807) is 4.90 Å².